The van der Waals surface area contributed by atoms with Crippen molar-refractivity contribution in [1.82, 2.24) is 9.62 Å². The van der Waals surface area contributed by atoms with Gasteiger partial charge < -0.3 is 5.32 Å². The van der Waals surface area contributed by atoms with Crippen molar-refractivity contribution in [2.75, 3.05) is 32.4 Å². The van der Waals surface area contributed by atoms with E-state index in [4.69, 9.17) is 0 Å². The molecule has 122 valence electrons. The second-order valence-corrected chi connectivity index (χ2v) is 10.2. The molecule has 6 nitrogen and oxygen atoms in total. The molecular weight excluding hydrogens is 324 g/mol. The van der Waals surface area contributed by atoms with Crippen molar-refractivity contribution in [3.05, 3.63) is 24.3 Å². The number of sulfonamides is 1. The molecule has 3 rings (SSSR count). The Bertz CT molecular complexity index is 764. The lowest BCUT2D eigenvalue weighted by Gasteiger charge is -2.22. The Hall–Kier alpha value is -0.960. The van der Waals surface area contributed by atoms with E-state index in [1.54, 1.807) is 0 Å². The normalized spacial score (nSPS) is 26.8. The summed E-state index contributed by atoms with van der Waals surface area (Å²) in [7, 11) is -6.87. The lowest BCUT2D eigenvalue weighted by molar-refractivity contribution is 0.338. The summed E-state index contributed by atoms with van der Waals surface area (Å²) in [5, 5.41) is 3.30. The molecule has 1 aromatic carbocycles. The zero-order chi connectivity index (χ0) is 16.0. The lowest BCUT2D eigenvalue weighted by atomic mass is 9.87. The maximum atomic E-state index is 12.7. The van der Waals surface area contributed by atoms with Gasteiger partial charge >= 0.3 is 0 Å². The van der Waals surface area contributed by atoms with Crippen LogP contribution in [0.5, 0.6) is 0 Å². The highest BCUT2D eigenvalue weighted by Crippen LogP contribution is 2.38. The van der Waals surface area contributed by atoms with E-state index in [0.717, 1.165) is 32.2 Å². The fraction of sp³-hybridized carbons (Fsp3) is 0.571. The summed E-state index contributed by atoms with van der Waals surface area (Å²) in [5.41, 5.74) is 0.0692. The van der Waals surface area contributed by atoms with Crippen molar-refractivity contribution in [2.24, 2.45) is 5.41 Å². The van der Waals surface area contributed by atoms with Gasteiger partial charge in [-0.05, 0) is 49.1 Å². The van der Waals surface area contributed by atoms with Crippen LogP contribution in [0, 0.1) is 5.41 Å². The molecule has 1 aromatic rings. The van der Waals surface area contributed by atoms with Crippen LogP contribution in [0.15, 0.2) is 34.1 Å². The third kappa shape index (κ3) is 2.80. The summed E-state index contributed by atoms with van der Waals surface area (Å²) in [5.74, 6) is 0. The summed E-state index contributed by atoms with van der Waals surface area (Å²) in [4.78, 5) is 0.284. The first-order valence-electron chi connectivity index (χ1n) is 7.24. The molecule has 8 heteroatoms. The molecule has 1 N–H and O–H groups in total. The average molecular weight is 344 g/mol. The minimum absolute atomic E-state index is 0.0692. The zero-order valence-corrected chi connectivity index (χ0v) is 14.1. The predicted molar refractivity (Wildman–Crippen MR) is 82.8 cm³/mol. The summed E-state index contributed by atoms with van der Waals surface area (Å²) >= 11 is 0. The number of benzene rings is 1. The third-order valence-corrected chi connectivity index (χ3v) is 7.61. The Kier molecular flexibility index (Phi) is 3.83. The van der Waals surface area contributed by atoms with Crippen LogP contribution < -0.4 is 5.32 Å². The molecule has 0 radical (unpaired) electrons. The van der Waals surface area contributed by atoms with E-state index >= 15 is 0 Å². The van der Waals surface area contributed by atoms with Gasteiger partial charge in [0.1, 0.15) is 0 Å². The van der Waals surface area contributed by atoms with E-state index in [9.17, 15) is 16.8 Å². The number of rotatable bonds is 3. The fourth-order valence-electron chi connectivity index (χ4n) is 3.25. The van der Waals surface area contributed by atoms with Crippen molar-refractivity contribution in [3.63, 3.8) is 0 Å². The monoisotopic (exact) mass is 344 g/mol. The standard InChI is InChI=1S/C14H20N2O4S2/c1-21(17,18)12-2-4-13(5-3-12)22(19,20)16-9-7-14(11-16)6-8-15-10-14/h2-5,15H,6-11H2,1H3. The van der Waals surface area contributed by atoms with Gasteiger partial charge in [-0.15, -0.1) is 0 Å². The summed E-state index contributed by atoms with van der Waals surface area (Å²) in [6, 6.07) is 5.46. The van der Waals surface area contributed by atoms with E-state index in [1.807, 2.05) is 0 Å². The molecule has 22 heavy (non-hydrogen) atoms. The van der Waals surface area contributed by atoms with Gasteiger partial charge in [-0.3, -0.25) is 0 Å². The van der Waals surface area contributed by atoms with Crippen LogP contribution in [-0.4, -0.2) is 53.6 Å². The van der Waals surface area contributed by atoms with Crippen LogP contribution in [0.25, 0.3) is 0 Å². The topological polar surface area (TPSA) is 83.5 Å². The minimum Gasteiger partial charge on any atom is -0.316 e. The molecule has 1 atom stereocenters. The van der Waals surface area contributed by atoms with E-state index < -0.39 is 19.9 Å². The summed E-state index contributed by atoms with van der Waals surface area (Å²) in [6.07, 6.45) is 2.99. The maximum absolute atomic E-state index is 12.7. The molecule has 0 amide bonds. The van der Waals surface area contributed by atoms with Crippen molar-refractivity contribution in [3.8, 4) is 0 Å². The summed E-state index contributed by atoms with van der Waals surface area (Å²) < 4.78 is 49.8. The SMILES string of the molecule is CS(=O)(=O)c1ccc(S(=O)(=O)N2CCC3(CCNC3)C2)cc1. The van der Waals surface area contributed by atoms with Crippen LogP contribution in [-0.2, 0) is 19.9 Å². The molecule has 2 heterocycles. The van der Waals surface area contributed by atoms with Crippen LogP contribution in [0.2, 0.25) is 0 Å². The second-order valence-electron chi connectivity index (χ2n) is 6.26. The second kappa shape index (κ2) is 5.30. The first kappa shape index (κ1) is 15.9. The predicted octanol–water partition coefficient (Wildman–Crippen LogP) is 0.464. The summed E-state index contributed by atoms with van der Waals surface area (Å²) in [6.45, 7) is 2.87. The molecular formula is C14H20N2O4S2. The minimum atomic E-state index is -3.55. The number of hydrogen-bond acceptors (Lipinski definition) is 5. The number of hydrogen-bond donors (Lipinski definition) is 1. The molecule has 1 unspecified atom stereocenters. The largest absolute Gasteiger partial charge is 0.316 e. The van der Waals surface area contributed by atoms with Crippen molar-refractivity contribution >= 4 is 19.9 Å². The van der Waals surface area contributed by atoms with Gasteiger partial charge in [0, 0.05) is 25.9 Å². The molecule has 0 aliphatic carbocycles. The Labute approximate surface area is 131 Å². The highest BCUT2D eigenvalue weighted by molar-refractivity contribution is 7.90. The van der Waals surface area contributed by atoms with Gasteiger partial charge in [-0.25, -0.2) is 16.8 Å². The van der Waals surface area contributed by atoms with Crippen molar-refractivity contribution in [1.29, 1.82) is 0 Å². The van der Waals surface area contributed by atoms with E-state index in [2.05, 4.69) is 5.32 Å². The van der Waals surface area contributed by atoms with Gasteiger partial charge in [0.15, 0.2) is 9.84 Å². The van der Waals surface area contributed by atoms with Crippen LogP contribution >= 0.6 is 0 Å². The highest BCUT2D eigenvalue weighted by atomic mass is 32.2. The van der Waals surface area contributed by atoms with Crippen LogP contribution in [0.1, 0.15) is 12.8 Å². The van der Waals surface area contributed by atoms with Gasteiger partial charge in [-0.1, -0.05) is 0 Å². The number of nitrogens with one attached hydrogen (secondary N) is 1. The molecule has 0 aromatic heterocycles. The maximum Gasteiger partial charge on any atom is 0.243 e. The fourth-order valence-corrected chi connectivity index (χ4v) is 5.44. The highest BCUT2D eigenvalue weighted by Gasteiger charge is 2.44. The lowest BCUT2D eigenvalue weighted by Crippen LogP contribution is -2.33. The molecule has 2 aliphatic heterocycles. The average Bonchev–Trinajstić information content (AvgIpc) is 3.09. The van der Waals surface area contributed by atoms with E-state index in [-0.39, 0.29) is 15.2 Å². The quantitative estimate of drug-likeness (QED) is 0.861. The van der Waals surface area contributed by atoms with Gasteiger partial charge in [0.2, 0.25) is 10.0 Å². The first-order valence-corrected chi connectivity index (χ1v) is 10.6. The van der Waals surface area contributed by atoms with Crippen LogP contribution in [0.4, 0.5) is 0 Å². The zero-order valence-electron chi connectivity index (χ0n) is 12.4. The molecule has 0 saturated carbocycles. The van der Waals surface area contributed by atoms with Gasteiger partial charge in [-0.2, -0.15) is 4.31 Å². The Morgan fingerprint density at radius 3 is 2.23 bits per heavy atom. The Balaban J connectivity index is 1.84. The third-order valence-electron chi connectivity index (χ3n) is 4.63. The Morgan fingerprint density at radius 1 is 1.05 bits per heavy atom. The smallest absolute Gasteiger partial charge is 0.243 e. The van der Waals surface area contributed by atoms with Crippen LogP contribution in [0.3, 0.4) is 0 Å². The Morgan fingerprint density at radius 2 is 1.68 bits per heavy atom. The molecule has 2 saturated heterocycles. The number of sulfone groups is 1. The van der Waals surface area contributed by atoms with Crippen molar-refractivity contribution < 1.29 is 16.8 Å². The van der Waals surface area contributed by atoms with Gasteiger partial charge in [0.25, 0.3) is 0 Å². The first-order chi connectivity index (χ1) is 10.2. The molecule has 2 aliphatic rings. The van der Waals surface area contributed by atoms with E-state index in [0.29, 0.717) is 13.1 Å². The van der Waals surface area contributed by atoms with Gasteiger partial charge in [0.05, 0.1) is 9.79 Å². The molecule has 2 fully saturated rings. The van der Waals surface area contributed by atoms with Crippen molar-refractivity contribution in [2.45, 2.75) is 22.6 Å². The molecule has 1 spiro atoms. The number of nitrogens with zero attached hydrogens (tertiary/aromatic N) is 1. The molecule has 0 bridgehead atoms. The van der Waals surface area contributed by atoms with E-state index in [1.165, 1.54) is 28.6 Å².